The van der Waals surface area contributed by atoms with Crippen LogP contribution in [0.1, 0.15) is 12.8 Å². The lowest BCUT2D eigenvalue weighted by atomic mass is 9.85. The lowest BCUT2D eigenvalue weighted by Gasteiger charge is -2.43. The van der Waals surface area contributed by atoms with E-state index >= 15 is 0 Å². The topological polar surface area (TPSA) is 94.2 Å². The number of nitrogens with zero attached hydrogens (tertiary/aromatic N) is 3. The summed E-state index contributed by atoms with van der Waals surface area (Å²) in [5.74, 6) is -0.287. The molecule has 0 bridgehead atoms. The Balaban J connectivity index is 1.30. The van der Waals surface area contributed by atoms with E-state index in [9.17, 15) is 14.4 Å². The van der Waals surface area contributed by atoms with Gasteiger partial charge in [0.25, 0.3) is 5.91 Å². The number of urea groups is 1. The summed E-state index contributed by atoms with van der Waals surface area (Å²) in [6.07, 6.45) is 0.955. The van der Waals surface area contributed by atoms with Crippen LogP contribution in [0.4, 0.5) is 16.2 Å². The van der Waals surface area contributed by atoms with Crippen LogP contribution in [-0.4, -0.2) is 79.7 Å². The summed E-state index contributed by atoms with van der Waals surface area (Å²) in [4.78, 5) is 45.0. The third-order valence-corrected chi connectivity index (χ3v) is 7.45. The predicted molar refractivity (Wildman–Crippen MR) is 147 cm³/mol. The second-order valence-electron chi connectivity index (χ2n) is 9.73. The number of hydrogen-bond donors (Lipinski definition) is 2. The normalized spacial score (nSPS) is 16.8. The number of carbonyl (C=O) groups is 3. The summed E-state index contributed by atoms with van der Waals surface area (Å²) in [7, 11) is 1.58. The van der Waals surface area contributed by atoms with Crippen molar-refractivity contribution in [3.05, 3.63) is 72.8 Å². The van der Waals surface area contributed by atoms with Crippen molar-refractivity contribution in [1.29, 1.82) is 0 Å². The van der Waals surface area contributed by atoms with E-state index in [1.165, 1.54) is 0 Å². The Bertz CT molecular complexity index is 1300. The van der Waals surface area contributed by atoms with E-state index in [4.69, 9.17) is 4.74 Å². The summed E-state index contributed by atoms with van der Waals surface area (Å²) in [6.45, 7) is 1.98. The molecule has 5 rings (SSSR count). The number of ether oxygens (including phenoxy) is 1. The van der Waals surface area contributed by atoms with Crippen LogP contribution < -0.4 is 15.5 Å². The first-order chi connectivity index (χ1) is 18.5. The molecular formula is C29H33N5O4. The average Bonchev–Trinajstić information content (AvgIpc) is 3.20. The third kappa shape index (κ3) is 5.02. The highest BCUT2D eigenvalue weighted by Crippen LogP contribution is 2.39. The molecule has 0 radical (unpaired) electrons. The van der Waals surface area contributed by atoms with Crippen LogP contribution >= 0.6 is 0 Å². The minimum Gasteiger partial charge on any atom is -0.383 e. The van der Waals surface area contributed by atoms with Crippen molar-refractivity contribution in [2.75, 3.05) is 56.8 Å². The highest BCUT2D eigenvalue weighted by Gasteiger charge is 2.54. The number of hydrogen-bond acceptors (Lipinski definition) is 5. The number of benzene rings is 3. The number of rotatable bonds is 7. The number of para-hydroxylation sites is 1. The first-order valence-electron chi connectivity index (χ1n) is 12.9. The predicted octanol–water partition coefficient (Wildman–Crippen LogP) is 3.28. The van der Waals surface area contributed by atoms with Crippen molar-refractivity contribution in [3.8, 4) is 0 Å². The maximum Gasteiger partial charge on any atom is 0.321 e. The largest absolute Gasteiger partial charge is 0.383 e. The number of likely N-dealkylation sites (tertiary alicyclic amines) is 1. The number of methoxy groups -OCH3 is 1. The molecule has 2 aliphatic rings. The van der Waals surface area contributed by atoms with Gasteiger partial charge in [0.2, 0.25) is 5.91 Å². The van der Waals surface area contributed by atoms with E-state index in [0.717, 1.165) is 22.1 Å². The molecule has 0 aliphatic carbocycles. The molecule has 198 valence electrons. The van der Waals surface area contributed by atoms with Gasteiger partial charge in [-0.15, -0.1) is 0 Å². The Kier molecular flexibility index (Phi) is 7.46. The number of carbonyl (C=O) groups excluding carboxylic acids is 3. The summed E-state index contributed by atoms with van der Waals surface area (Å²) in [5.41, 5.74) is 0.892. The van der Waals surface area contributed by atoms with E-state index in [1.807, 2.05) is 72.8 Å². The zero-order chi connectivity index (χ0) is 26.5. The maximum absolute atomic E-state index is 13.8. The molecule has 2 N–H and O–H groups in total. The molecule has 0 atom stereocenters. The van der Waals surface area contributed by atoms with Crippen LogP contribution in [-0.2, 0) is 14.3 Å². The van der Waals surface area contributed by atoms with Crippen molar-refractivity contribution in [2.24, 2.45) is 0 Å². The minimum atomic E-state index is -0.801. The number of fused-ring (bicyclic) bond motifs is 1. The van der Waals surface area contributed by atoms with Crippen molar-refractivity contribution in [2.45, 2.75) is 18.4 Å². The Morgan fingerprint density at radius 2 is 1.66 bits per heavy atom. The SMILES string of the molecule is COCCNC(=O)CN1CN(c2ccccc2)C2(CCN(C(=O)Nc3cccc4ccccc34)CC2)C1=O. The Labute approximate surface area is 222 Å². The monoisotopic (exact) mass is 515 g/mol. The highest BCUT2D eigenvalue weighted by molar-refractivity contribution is 6.02. The second kappa shape index (κ2) is 11.1. The molecule has 1 spiro atoms. The van der Waals surface area contributed by atoms with Crippen molar-refractivity contribution in [1.82, 2.24) is 15.1 Å². The Hall–Kier alpha value is -4.11. The highest BCUT2D eigenvalue weighted by atomic mass is 16.5. The lowest BCUT2D eigenvalue weighted by molar-refractivity contribution is -0.137. The number of anilines is 2. The van der Waals surface area contributed by atoms with Gasteiger partial charge in [0.15, 0.2) is 0 Å². The molecule has 2 aliphatic heterocycles. The van der Waals surface area contributed by atoms with Gasteiger partial charge in [-0.1, -0.05) is 54.6 Å². The quantitative estimate of drug-likeness (QED) is 0.471. The van der Waals surface area contributed by atoms with Gasteiger partial charge < -0.3 is 30.1 Å². The van der Waals surface area contributed by atoms with Gasteiger partial charge in [0.05, 0.1) is 19.0 Å². The zero-order valence-corrected chi connectivity index (χ0v) is 21.6. The summed E-state index contributed by atoms with van der Waals surface area (Å²) in [6, 6.07) is 23.4. The first kappa shape index (κ1) is 25.5. The number of nitrogens with one attached hydrogen (secondary N) is 2. The fraction of sp³-hybridized carbons (Fsp3) is 0.345. The molecule has 0 aromatic heterocycles. The van der Waals surface area contributed by atoms with E-state index in [-0.39, 0.29) is 24.4 Å². The van der Waals surface area contributed by atoms with Crippen LogP contribution in [0.15, 0.2) is 72.8 Å². The van der Waals surface area contributed by atoms with E-state index in [0.29, 0.717) is 45.8 Å². The van der Waals surface area contributed by atoms with Gasteiger partial charge in [-0.2, -0.15) is 0 Å². The van der Waals surface area contributed by atoms with Crippen molar-refractivity contribution in [3.63, 3.8) is 0 Å². The minimum absolute atomic E-state index is 0.0150. The zero-order valence-electron chi connectivity index (χ0n) is 21.6. The molecule has 2 fully saturated rings. The third-order valence-electron chi connectivity index (χ3n) is 7.45. The Morgan fingerprint density at radius 1 is 0.947 bits per heavy atom. The van der Waals surface area contributed by atoms with Gasteiger partial charge in [0, 0.05) is 37.8 Å². The molecule has 3 aromatic rings. The van der Waals surface area contributed by atoms with Crippen LogP contribution in [0.3, 0.4) is 0 Å². The molecule has 4 amide bonds. The molecule has 38 heavy (non-hydrogen) atoms. The summed E-state index contributed by atoms with van der Waals surface area (Å²) >= 11 is 0. The molecule has 0 unspecified atom stereocenters. The van der Waals surface area contributed by atoms with Crippen molar-refractivity contribution >= 4 is 40.0 Å². The van der Waals surface area contributed by atoms with E-state index in [2.05, 4.69) is 15.5 Å². The number of amides is 4. The van der Waals surface area contributed by atoms with Gasteiger partial charge in [-0.25, -0.2) is 4.79 Å². The van der Waals surface area contributed by atoms with Gasteiger partial charge in [-0.05, 0) is 36.4 Å². The van der Waals surface area contributed by atoms with Crippen LogP contribution in [0.2, 0.25) is 0 Å². The maximum atomic E-state index is 13.8. The molecular weight excluding hydrogens is 482 g/mol. The summed E-state index contributed by atoms with van der Waals surface area (Å²) in [5, 5.41) is 7.90. The molecule has 0 saturated carbocycles. The smallest absolute Gasteiger partial charge is 0.321 e. The van der Waals surface area contributed by atoms with Crippen LogP contribution in [0.25, 0.3) is 10.8 Å². The van der Waals surface area contributed by atoms with Crippen LogP contribution in [0, 0.1) is 0 Å². The molecule has 2 heterocycles. The second-order valence-corrected chi connectivity index (χ2v) is 9.73. The van der Waals surface area contributed by atoms with Gasteiger partial charge in [0.1, 0.15) is 12.1 Å². The van der Waals surface area contributed by atoms with E-state index < -0.39 is 5.54 Å². The van der Waals surface area contributed by atoms with Crippen molar-refractivity contribution < 1.29 is 19.1 Å². The molecule has 9 heteroatoms. The standard InChI is InChI=1S/C29H33N5O4/c1-38-19-16-30-26(35)20-33-21-34(23-10-3-2-4-11-23)29(27(33)36)14-17-32(18-15-29)28(37)31-25-13-7-9-22-8-5-6-12-24(22)25/h2-13H,14-21H2,1H3,(H,30,35)(H,31,37). The van der Waals surface area contributed by atoms with E-state index in [1.54, 1.807) is 16.9 Å². The molecule has 2 saturated heterocycles. The first-order valence-corrected chi connectivity index (χ1v) is 12.9. The lowest BCUT2D eigenvalue weighted by Crippen LogP contribution is -2.58. The fourth-order valence-electron chi connectivity index (χ4n) is 5.45. The Morgan fingerprint density at radius 3 is 2.42 bits per heavy atom. The van der Waals surface area contributed by atoms with Gasteiger partial charge >= 0.3 is 6.03 Å². The van der Waals surface area contributed by atoms with Crippen LogP contribution in [0.5, 0.6) is 0 Å². The summed E-state index contributed by atoms with van der Waals surface area (Å²) < 4.78 is 5.00. The number of piperidine rings is 1. The molecule has 9 nitrogen and oxygen atoms in total. The van der Waals surface area contributed by atoms with Gasteiger partial charge in [-0.3, -0.25) is 9.59 Å². The molecule has 3 aromatic carbocycles. The fourth-order valence-corrected chi connectivity index (χ4v) is 5.45. The average molecular weight is 516 g/mol.